The van der Waals surface area contributed by atoms with Gasteiger partial charge < -0.3 is 10.1 Å². The highest BCUT2D eigenvalue weighted by Gasteiger charge is 2.15. The maximum atomic E-state index is 12.6. The Morgan fingerprint density at radius 2 is 1.74 bits per heavy atom. The first-order valence-electron chi connectivity index (χ1n) is 10.9. The molecule has 2 aromatic carbocycles. The van der Waals surface area contributed by atoms with E-state index in [1.807, 2.05) is 24.3 Å². The maximum absolute atomic E-state index is 12.6. The molecule has 0 atom stereocenters. The third-order valence-electron chi connectivity index (χ3n) is 4.71. The van der Waals surface area contributed by atoms with Crippen molar-refractivity contribution in [2.24, 2.45) is 0 Å². The fourth-order valence-electron chi connectivity index (χ4n) is 3.05. The standard InChI is InChI=1S/C25H28N4O4S/c1-4-5-16-33-22-11-6-20(7-12-22)8-15-25(30)28-21-9-13-23(14-10-21)34(31,32)29-24-17-18(2)26-19(3)27-24/h6-15,17H,4-5,16H2,1-3H3,(H,28,30)(H,26,27,29). The summed E-state index contributed by atoms with van der Waals surface area (Å²) in [5, 5.41) is 2.71. The molecule has 2 N–H and O–H groups in total. The van der Waals surface area contributed by atoms with Gasteiger partial charge in [-0.25, -0.2) is 18.4 Å². The van der Waals surface area contributed by atoms with E-state index in [1.54, 1.807) is 26.0 Å². The lowest BCUT2D eigenvalue weighted by atomic mass is 10.2. The van der Waals surface area contributed by atoms with Gasteiger partial charge in [0.1, 0.15) is 17.4 Å². The minimum absolute atomic E-state index is 0.0520. The lowest BCUT2D eigenvalue weighted by molar-refractivity contribution is -0.111. The zero-order valence-electron chi connectivity index (χ0n) is 19.4. The second-order valence-electron chi connectivity index (χ2n) is 7.67. The van der Waals surface area contributed by atoms with Crippen molar-refractivity contribution < 1.29 is 17.9 Å². The van der Waals surface area contributed by atoms with Crippen molar-refractivity contribution in [1.29, 1.82) is 0 Å². The number of hydrogen-bond donors (Lipinski definition) is 2. The Labute approximate surface area is 200 Å². The molecule has 0 aliphatic heterocycles. The summed E-state index contributed by atoms with van der Waals surface area (Å²) in [6.07, 6.45) is 5.19. The van der Waals surface area contributed by atoms with E-state index in [2.05, 4.69) is 26.9 Å². The summed E-state index contributed by atoms with van der Waals surface area (Å²) in [6, 6.07) is 14.9. The van der Waals surface area contributed by atoms with Gasteiger partial charge in [-0.1, -0.05) is 25.5 Å². The fourth-order valence-corrected chi connectivity index (χ4v) is 4.04. The van der Waals surface area contributed by atoms with E-state index in [1.165, 1.54) is 30.3 Å². The number of sulfonamides is 1. The third kappa shape index (κ3) is 7.41. The molecule has 34 heavy (non-hydrogen) atoms. The number of unbranched alkanes of at least 4 members (excludes halogenated alkanes) is 1. The molecule has 178 valence electrons. The van der Waals surface area contributed by atoms with Crippen molar-refractivity contribution in [2.45, 2.75) is 38.5 Å². The molecule has 3 aromatic rings. The van der Waals surface area contributed by atoms with Gasteiger partial charge in [-0.2, -0.15) is 0 Å². The molecule has 0 saturated carbocycles. The zero-order valence-corrected chi connectivity index (χ0v) is 20.2. The summed E-state index contributed by atoms with van der Waals surface area (Å²) in [5.74, 6) is 1.14. The average molecular weight is 481 g/mol. The maximum Gasteiger partial charge on any atom is 0.263 e. The van der Waals surface area contributed by atoms with Crippen LogP contribution in [0.3, 0.4) is 0 Å². The number of aromatic nitrogens is 2. The Hall–Kier alpha value is -3.72. The van der Waals surface area contributed by atoms with Crippen LogP contribution in [0.1, 0.15) is 36.8 Å². The van der Waals surface area contributed by atoms with Crippen LogP contribution in [-0.2, 0) is 14.8 Å². The smallest absolute Gasteiger partial charge is 0.263 e. The van der Waals surface area contributed by atoms with Gasteiger partial charge in [0.05, 0.1) is 11.5 Å². The molecule has 0 aliphatic rings. The molecule has 1 aromatic heterocycles. The van der Waals surface area contributed by atoms with Gasteiger partial charge in [0, 0.05) is 23.5 Å². The molecule has 3 rings (SSSR count). The van der Waals surface area contributed by atoms with E-state index in [9.17, 15) is 13.2 Å². The Bertz CT molecular complexity index is 1230. The Morgan fingerprint density at radius 1 is 1.03 bits per heavy atom. The SMILES string of the molecule is CCCCOc1ccc(C=CC(=O)Nc2ccc(S(=O)(=O)Nc3cc(C)nc(C)n3)cc2)cc1. The van der Waals surface area contributed by atoms with Crippen LogP contribution in [0.25, 0.3) is 6.08 Å². The number of nitrogens with one attached hydrogen (secondary N) is 2. The van der Waals surface area contributed by atoms with E-state index in [4.69, 9.17) is 4.74 Å². The summed E-state index contributed by atoms with van der Waals surface area (Å²) in [6.45, 7) is 6.24. The second-order valence-corrected chi connectivity index (χ2v) is 9.35. The van der Waals surface area contributed by atoms with Crippen LogP contribution in [0.15, 0.2) is 65.6 Å². The summed E-state index contributed by atoms with van der Waals surface area (Å²) in [4.78, 5) is 20.5. The molecule has 0 aliphatic carbocycles. The molecular weight excluding hydrogens is 452 g/mol. The molecule has 1 amide bonds. The first kappa shape index (κ1) is 24.9. The number of carbonyl (C=O) groups excluding carboxylic acids is 1. The molecule has 0 fully saturated rings. The first-order valence-corrected chi connectivity index (χ1v) is 12.4. The van der Waals surface area contributed by atoms with Gasteiger partial charge >= 0.3 is 0 Å². The molecule has 0 radical (unpaired) electrons. The number of aryl methyl sites for hydroxylation is 2. The third-order valence-corrected chi connectivity index (χ3v) is 6.08. The van der Waals surface area contributed by atoms with Crippen molar-refractivity contribution >= 4 is 33.5 Å². The van der Waals surface area contributed by atoms with E-state index in [-0.39, 0.29) is 16.6 Å². The highest BCUT2D eigenvalue weighted by molar-refractivity contribution is 7.92. The molecule has 0 bridgehead atoms. The number of ether oxygens (including phenoxy) is 1. The highest BCUT2D eigenvalue weighted by Crippen LogP contribution is 2.18. The predicted octanol–water partition coefficient (Wildman–Crippen LogP) is 4.73. The van der Waals surface area contributed by atoms with Crippen molar-refractivity contribution in [3.05, 3.63) is 77.8 Å². The van der Waals surface area contributed by atoms with Crippen LogP contribution in [-0.4, -0.2) is 30.9 Å². The largest absolute Gasteiger partial charge is 0.494 e. The lowest BCUT2D eigenvalue weighted by Gasteiger charge is -2.09. The minimum atomic E-state index is -3.83. The highest BCUT2D eigenvalue weighted by atomic mass is 32.2. The lowest BCUT2D eigenvalue weighted by Crippen LogP contribution is -2.15. The quantitative estimate of drug-likeness (QED) is 0.321. The van der Waals surface area contributed by atoms with Gasteiger partial charge in [0.2, 0.25) is 5.91 Å². The number of hydrogen-bond acceptors (Lipinski definition) is 6. The summed E-state index contributed by atoms with van der Waals surface area (Å²) in [5.41, 5.74) is 2.00. The normalized spacial score (nSPS) is 11.4. The second kappa shape index (κ2) is 11.4. The van der Waals surface area contributed by atoms with Gasteiger partial charge in [-0.05, 0) is 68.3 Å². The summed E-state index contributed by atoms with van der Waals surface area (Å²) < 4.78 is 33.3. The number of anilines is 2. The van der Waals surface area contributed by atoms with Crippen molar-refractivity contribution in [1.82, 2.24) is 9.97 Å². The molecular formula is C25H28N4O4S. The van der Waals surface area contributed by atoms with Crippen LogP contribution in [0.5, 0.6) is 5.75 Å². The number of nitrogens with zero attached hydrogens (tertiary/aromatic N) is 2. The summed E-state index contributed by atoms with van der Waals surface area (Å²) >= 11 is 0. The molecule has 9 heteroatoms. The fraction of sp³-hybridized carbons (Fsp3) is 0.240. The molecule has 1 heterocycles. The molecule has 8 nitrogen and oxygen atoms in total. The van der Waals surface area contributed by atoms with Crippen LogP contribution in [0.2, 0.25) is 0 Å². The van der Waals surface area contributed by atoms with Gasteiger partial charge in [0.25, 0.3) is 10.0 Å². The molecule has 0 saturated heterocycles. The van der Waals surface area contributed by atoms with E-state index in [0.29, 0.717) is 23.8 Å². The van der Waals surface area contributed by atoms with Crippen LogP contribution in [0, 0.1) is 13.8 Å². The van der Waals surface area contributed by atoms with Gasteiger partial charge in [-0.15, -0.1) is 0 Å². The van der Waals surface area contributed by atoms with Gasteiger partial charge in [-0.3, -0.25) is 9.52 Å². The Kier molecular flexibility index (Phi) is 8.37. The monoisotopic (exact) mass is 480 g/mol. The van der Waals surface area contributed by atoms with Crippen LogP contribution >= 0.6 is 0 Å². The Morgan fingerprint density at radius 3 is 2.38 bits per heavy atom. The number of carbonyl (C=O) groups is 1. The van der Waals surface area contributed by atoms with Gasteiger partial charge in [0.15, 0.2) is 0 Å². The molecule has 0 unspecified atom stereocenters. The van der Waals surface area contributed by atoms with Crippen molar-refractivity contribution in [2.75, 3.05) is 16.6 Å². The topological polar surface area (TPSA) is 110 Å². The Balaban J connectivity index is 1.57. The zero-order chi connectivity index (χ0) is 24.6. The number of benzene rings is 2. The van der Waals surface area contributed by atoms with E-state index >= 15 is 0 Å². The predicted molar refractivity (Wildman–Crippen MR) is 133 cm³/mol. The van der Waals surface area contributed by atoms with E-state index in [0.717, 1.165) is 24.2 Å². The van der Waals surface area contributed by atoms with Crippen LogP contribution in [0.4, 0.5) is 11.5 Å². The number of rotatable bonds is 10. The van der Waals surface area contributed by atoms with Crippen molar-refractivity contribution in [3.63, 3.8) is 0 Å². The summed E-state index contributed by atoms with van der Waals surface area (Å²) in [7, 11) is -3.83. The average Bonchev–Trinajstić information content (AvgIpc) is 2.78. The minimum Gasteiger partial charge on any atom is -0.494 e. The van der Waals surface area contributed by atoms with Crippen molar-refractivity contribution in [3.8, 4) is 5.75 Å². The number of amides is 1. The van der Waals surface area contributed by atoms with E-state index < -0.39 is 10.0 Å². The van der Waals surface area contributed by atoms with Crippen LogP contribution < -0.4 is 14.8 Å². The molecule has 0 spiro atoms. The first-order chi connectivity index (χ1) is 16.2.